The van der Waals surface area contributed by atoms with Crippen LogP contribution in [-0.2, 0) is 23.8 Å². The number of carbonyl (C=O) groups excluding carboxylic acids is 3. The number of ether oxygens (including phenoxy) is 3. The molecule has 0 heterocycles. The summed E-state index contributed by atoms with van der Waals surface area (Å²) in [4.78, 5) is 33.4. The van der Waals surface area contributed by atoms with Crippen LogP contribution in [0.2, 0.25) is 0 Å². The van der Waals surface area contributed by atoms with Gasteiger partial charge >= 0.3 is 18.0 Å². The predicted octanol–water partition coefficient (Wildman–Crippen LogP) is 1.07. The molecule has 0 radical (unpaired) electrons. The van der Waals surface area contributed by atoms with Crippen LogP contribution in [0.25, 0.3) is 0 Å². The van der Waals surface area contributed by atoms with Crippen molar-refractivity contribution in [3.8, 4) is 0 Å². The molecule has 0 rings (SSSR count). The first kappa shape index (κ1) is 16.4. The Morgan fingerprint density at radius 1 is 1.17 bits per heavy atom. The standard InChI is InChI=1S/C10H14BrNO6/c1-5(18-6(2)13)7(11)8(9(14)16-3)12-10(15)17-4/h5H,1-4H3,(H,12,15)/b8-7+/t5-/m0/s1. The van der Waals surface area contributed by atoms with Crippen LogP contribution in [0.1, 0.15) is 13.8 Å². The lowest BCUT2D eigenvalue weighted by Gasteiger charge is -2.15. The number of carbonyl (C=O) groups is 3. The molecule has 7 nitrogen and oxygen atoms in total. The molecule has 0 aliphatic rings. The van der Waals surface area contributed by atoms with Crippen LogP contribution in [0, 0.1) is 0 Å². The fourth-order valence-corrected chi connectivity index (χ4v) is 1.32. The molecule has 0 saturated heterocycles. The second-order valence-corrected chi connectivity index (χ2v) is 3.94. The summed E-state index contributed by atoms with van der Waals surface area (Å²) in [7, 11) is 2.30. The molecule has 0 aliphatic heterocycles. The number of amides is 1. The first-order valence-corrected chi connectivity index (χ1v) is 5.62. The molecule has 0 spiro atoms. The van der Waals surface area contributed by atoms with Gasteiger partial charge in [0.2, 0.25) is 0 Å². The fourth-order valence-electron chi connectivity index (χ4n) is 0.967. The van der Waals surface area contributed by atoms with Crippen molar-refractivity contribution < 1.29 is 28.6 Å². The van der Waals surface area contributed by atoms with E-state index in [1.807, 2.05) is 0 Å². The van der Waals surface area contributed by atoms with E-state index in [2.05, 4.69) is 30.7 Å². The smallest absolute Gasteiger partial charge is 0.411 e. The molecule has 102 valence electrons. The molecule has 1 amide bonds. The summed E-state index contributed by atoms with van der Waals surface area (Å²) >= 11 is 3.07. The highest BCUT2D eigenvalue weighted by molar-refractivity contribution is 9.11. The van der Waals surface area contributed by atoms with Crippen molar-refractivity contribution in [2.45, 2.75) is 20.0 Å². The second-order valence-electron chi connectivity index (χ2n) is 3.08. The van der Waals surface area contributed by atoms with Gasteiger partial charge in [0, 0.05) is 6.92 Å². The third-order valence-electron chi connectivity index (χ3n) is 1.74. The van der Waals surface area contributed by atoms with Crippen LogP contribution in [0.5, 0.6) is 0 Å². The molecule has 0 aromatic heterocycles. The van der Waals surface area contributed by atoms with Crippen molar-refractivity contribution in [2.24, 2.45) is 0 Å². The Bertz CT molecular complexity index is 379. The Hall–Kier alpha value is -1.57. The van der Waals surface area contributed by atoms with Crippen molar-refractivity contribution in [1.82, 2.24) is 5.32 Å². The van der Waals surface area contributed by atoms with E-state index in [1.165, 1.54) is 13.8 Å². The number of methoxy groups -OCH3 is 2. The van der Waals surface area contributed by atoms with E-state index < -0.39 is 24.1 Å². The summed E-state index contributed by atoms with van der Waals surface area (Å²) in [5.74, 6) is -1.33. The van der Waals surface area contributed by atoms with E-state index >= 15 is 0 Å². The van der Waals surface area contributed by atoms with Crippen molar-refractivity contribution in [3.05, 3.63) is 10.2 Å². The Morgan fingerprint density at radius 3 is 2.11 bits per heavy atom. The molecule has 1 N–H and O–H groups in total. The SMILES string of the molecule is COC(=O)N/C(C(=O)OC)=C(/Br)[C@H](C)OC(C)=O. The number of nitrogens with one attached hydrogen (secondary N) is 1. The van der Waals surface area contributed by atoms with Crippen LogP contribution < -0.4 is 5.32 Å². The average Bonchev–Trinajstić information content (AvgIpc) is 2.32. The highest BCUT2D eigenvalue weighted by Gasteiger charge is 2.22. The first-order valence-electron chi connectivity index (χ1n) is 4.83. The number of esters is 2. The number of hydrogen-bond donors (Lipinski definition) is 1. The Morgan fingerprint density at radius 2 is 1.72 bits per heavy atom. The highest BCUT2D eigenvalue weighted by atomic mass is 79.9. The Labute approximate surface area is 113 Å². The summed E-state index contributed by atoms with van der Waals surface area (Å²) in [6.07, 6.45) is -1.60. The van der Waals surface area contributed by atoms with Gasteiger partial charge in [-0.25, -0.2) is 9.59 Å². The van der Waals surface area contributed by atoms with Crippen molar-refractivity contribution in [1.29, 1.82) is 0 Å². The van der Waals surface area contributed by atoms with Gasteiger partial charge in [0.05, 0.1) is 18.7 Å². The third kappa shape index (κ3) is 5.17. The summed E-state index contributed by atoms with van der Waals surface area (Å²) in [5, 5.41) is 2.18. The minimum atomic E-state index is -0.845. The van der Waals surface area contributed by atoms with Gasteiger partial charge < -0.3 is 14.2 Å². The molecular formula is C10H14BrNO6. The third-order valence-corrected chi connectivity index (χ3v) is 2.78. The molecule has 18 heavy (non-hydrogen) atoms. The highest BCUT2D eigenvalue weighted by Crippen LogP contribution is 2.19. The van der Waals surface area contributed by atoms with E-state index in [1.54, 1.807) is 0 Å². The number of hydrogen-bond acceptors (Lipinski definition) is 6. The molecule has 0 aliphatic carbocycles. The van der Waals surface area contributed by atoms with Gasteiger partial charge in [0.15, 0.2) is 0 Å². The van der Waals surface area contributed by atoms with E-state index in [0.717, 1.165) is 14.2 Å². The lowest BCUT2D eigenvalue weighted by molar-refractivity contribution is -0.144. The van der Waals surface area contributed by atoms with Gasteiger partial charge in [-0.2, -0.15) is 0 Å². The monoisotopic (exact) mass is 323 g/mol. The normalized spacial score (nSPS) is 12.9. The summed E-state index contributed by atoms with van der Waals surface area (Å²) in [5.41, 5.74) is -0.196. The van der Waals surface area contributed by atoms with E-state index in [4.69, 9.17) is 4.74 Å². The maximum Gasteiger partial charge on any atom is 0.411 e. The largest absolute Gasteiger partial charge is 0.464 e. The zero-order valence-electron chi connectivity index (χ0n) is 10.4. The summed E-state index contributed by atoms with van der Waals surface area (Å²) < 4.78 is 13.9. The quantitative estimate of drug-likeness (QED) is 0.473. The van der Waals surface area contributed by atoms with E-state index in [9.17, 15) is 14.4 Å². The second kappa shape index (κ2) is 7.70. The van der Waals surface area contributed by atoms with Crippen LogP contribution in [0.3, 0.4) is 0 Å². The van der Waals surface area contributed by atoms with E-state index in [-0.39, 0.29) is 10.2 Å². The molecule has 0 fully saturated rings. The molecule has 0 saturated carbocycles. The van der Waals surface area contributed by atoms with Crippen molar-refractivity contribution >= 4 is 34.0 Å². The maximum absolute atomic E-state index is 11.5. The molecule has 0 aromatic rings. The maximum atomic E-state index is 11.5. The van der Waals surface area contributed by atoms with Gasteiger partial charge in [0.1, 0.15) is 11.8 Å². The van der Waals surface area contributed by atoms with Crippen molar-refractivity contribution in [2.75, 3.05) is 14.2 Å². The molecule has 1 atom stereocenters. The fraction of sp³-hybridized carbons (Fsp3) is 0.500. The zero-order valence-corrected chi connectivity index (χ0v) is 12.0. The minimum absolute atomic E-state index is 0.162. The number of halogens is 1. The topological polar surface area (TPSA) is 90.9 Å². The Balaban J connectivity index is 5.17. The predicted molar refractivity (Wildman–Crippen MR) is 64.7 cm³/mol. The molecule has 0 aromatic carbocycles. The number of alkyl carbamates (subject to hydrolysis) is 1. The lowest BCUT2D eigenvalue weighted by atomic mass is 10.3. The van der Waals surface area contributed by atoms with Crippen molar-refractivity contribution in [3.63, 3.8) is 0 Å². The average molecular weight is 324 g/mol. The van der Waals surface area contributed by atoms with Gasteiger partial charge in [-0.1, -0.05) is 0 Å². The number of rotatable bonds is 4. The minimum Gasteiger partial charge on any atom is -0.464 e. The molecule has 0 bridgehead atoms. The zero-order chi connectivity index (χ0) is 14.3. The summed E-state index contributed by atoms with van der Waals surface area (Å²) in [6, 6.07) is 0. The Kier molecular flexibility index (Phi) is 7.03. The van der Waals surface area contributed by atoms with Crippen LogP contribution >= 0.6 is 15.9 Å². The van der Waals surface area contributed by atoms with Gasteiger partial charge in [-0.15, -0.1) is 0 Å². The molecule has 8 heteroatoms. The molecular weight excluding hydrogens is 310 g/mol. The van der Waals surface area contributed by atoms with Crippen LogP contribution in [0.4, 0.5) is 4.79 Å². The van der Waals surface area contributed by atoms with Gasteiger partial charge in [-0.05, 0) is 22.9 Å². The van der Waals surface area contributed by atoms with Gasteiger partial charge in [0.25, 0.3) is 0 Å². The molecule has 0 unspecified atom stereocenters. The van der Waals surface area contributed by atoms with Crippen LogP contribution in [0.15, 0.2) is 10.2 Å². The lowest BCUT2D eigenvalue weighted by Crippen LogP contribution is -2.31. The summed E-state index contributed by atoms with van der Waals surface area (Å²) in [6.45, 7) is 2.75. The van der Waals surface area contributed by atoms with Gasteiger partial charge in [-0.3, -0.25) is 10.1 Å². The van der Waals surface area contributed by atoms with Crippen LogP contribution in [-0.4, -0.2) is 38.4 Å². The first-order chi connectivity index (χ1) is 8.33. The van der Waals surface area contributed by atoms with E-state index in [0.29, 0.717) is 0 Å².